The number of nitrogens with two attached hydrogens (primary N) is 1. The average molecular weight is 290 g/mol. The summed E-state index contributed by atoms with van der Waals surface area (Å²) in [4.78, 5) is 25.5. The lowest BCUT2D eigenvalue weighted by molar-refractivity contribution is 0.100. The first-order valence-electron chi connectivity index (χ1n) is 7.12. The van der Waals surface area contributed by atoms with E-state index < -0.39 is 5.91 Å². The van der Waals surface area contributed by atoms with Crippen LogP contribution in [0.2, 0.25) is 0 Å². The molecule has 0 spiro atoms. The number of benzene rings is 1. The van der Waals surface area contributed by atoms with Crippen molar-refractivity contribution in [1.29, 1.82) is 0 Å². The molecule has 0 atom stereocenters. The molecule has 4 N–H and O–H groups in total. The molecular weight excluding hydrogens is 268 g/mol. The van der Waals surface area contributed by atoms with Gasteiger partial charge >= 0.3 is 6.03 Å². The molecule has 2 rings (SSSR count). The van der Waals surface area contributed by atoms with Crippen molar-refractivity contribution < 1.29 is 9.59 Å². The fourth-order valence-electron chi connectivity index (χ4n) is 2.41. The molecule has 0 aromatic heterocycles. The maximum atomic E-state index is 12.0. The van der Waals surface area contributed by atoms with E-state index in [-0.39, 0.29) is 12.1 Å². The topological polar surface area (TPSA) is 87.5 Å². The number of carbonyl (C=O) groups excluding carboxylic acids is 2. The van der Waals surface area contributed by atoms with Gasteiger partial charge in [-0.1, -0.05) is 6.07 Å². The van der Waals surface area contributed by atoms with E-state index in [2.05, 4.69) is 22.6 Å². The first-order valence-corrected chi connectivity index (χ1v) is 7.12. The fourth-order valence-corrected chi connectivity index (χ4v) is 2.41. The zero-order valence-electron chi connectivity index (χ0n) is 12.5. The van der Waals surface area contributed by atoms with Crippen molar-refractivity contribution in [3.63, 3.8) is 0 Å². The number of primary amides is 1. The van der Waals surface area contributed by atoms with Gasteiger partial charge in [0.25, 0.3) is 0 Å². The van der Waals surface area contributed by atoms with Gasteiger partial charge in [-0.15, -0.1) is 0 Å². The minimum Gasteiger partial charge on any atom is -0.366 e. The number of urea groups is 1. The molecule has 3 amide bonds. The van der Waals surface area contributed by atoms with Gasteiger partial charge in [0, 0.05) is 17.3 Å². The largest absolute Gasteiger partial charge is 0.366 e. The van der Waals surface area contributed by atoms with Crippen LogP contribution in [-0.4, -0.2) is 43.0 Å². The zero-order chi connectivity index (χ0) is 15.4. The summed E-state index contributed by atoms with van der Waals surface area (Å²) in [6, 6.07) is 4.98. The highest BCUT2D eigenvalue weighted by atomic mass is 16.2. The average Bonchev–Trinajstić information content (AvgIpc) is 2.43. The number of amides is 3. The number of aryl methyl sites for hydroxylation is 1. The summed E-state index contributed by atoms with van der Waals surface area (Å²) in [5.74, 6) is -0.506. The predicted octanol–water partition coefficient (Wildman–Crippen LogP) is 1.31. The molecule has 1 aliphatic heterocycles. The normalized spacial score (nSPS) is 16.5. The van der Waals surface area contributed by atoms with E-state index in [0.29, 0.717) is 11.3 Å². The zero-order valence-corrected chi connectivity index (χ0v) is 12.5. The Labute approximate surface area is 124 Å². The lowest BCUT2D eigenvalue weighted by Gasteiger charge is -2.29. The lowest BCUT2D eigenvalue weighted by Crippen LogP contribution is -2.44. The van der Waals surface area contributed by atoms with E-state index in [9.17, 15) is 9.59 Å². The lowest BCUT2D eigenvalue weighted by atomic mass is 10.1. The Kier molecular flexibility index (Phi) is 4.80. The smallest absolute Gasteiger partial charge is 0.319 e. The number of hydrogen-bond acceptors (Lipinski definition) is 3. The number of piperidine rings is 1. The molecule has 6 heteroatoms. The minimum atomic E-state index is -0.506. The van der Waals surface area contributed by atoms with Gasteiger partial charge in [0.1, 0.15) is 0 Å². The number of anilines is 1. The van der Waals surface area contributed by atoms with E-state index in [1.165, 1.54) is 0 Å². The Balaban J connectivity index is 1.96. The van der Waals surface area contributed by atoms with Crippen molar-refractivity contribution >= 4 is 17.6 Å². The summed E-state index contributed by atoms with van der Waals surface area (Å²) in [5, 5.41) is 5.76. The summed E-state index contributed by atoms with van der Waals surface area (Å²) in [7, 11) is 2.08. The van der Waals surface area contributed by atoms with Gasteiger partial charge in [0.15, 0.2) is 0 Å². The molecule has 0 unspecified atom stereocenters. The fraction of sp³-hybridized carbons (Fsp3) is 0.467. The summed E-state index contributed by atoms with van der Waals surface area (Å²) in [5.41, 5.74) is 7.13. The van der Waals surface area contributed by atoms with Gasteiger partial charge in [-0.2, -0.15) is 0 Å². The second-order valence-electron chi connectivity index (χ2n) is 5.57. The van der Waals surface area contributed by atoms with Crippen LogP contribution in [0.25, 0.3) is 0 Å². The van der Waals surface area contributed by atoms with Crippen molar-refractivity contribution in [2.45, 2.75) is 25.8 Å². The third-order valence-electron chi connectivity index (χ3n) is 3.82. The van der Waals surface area contributed by atoms with Gasteiger partial charge in [0.05, 0.1) is 0 Å². The third-order valence-corrected chi connectivity index (χ3v) is 3.82. The van der Waals surface area contributed by atoms with Crippen LogP contribution in [0.15, 0.2) is 18.2 Å². The van der Waals surface area contributed by atoms with E-state index in [1.807, 2.05) is 6.92 Å². The molecule has 1 heterocycles. The molecular formula is C15H22N4O2. The molecule has 6 nitrogen and oxygen atoms in total. The Hall–Kier alpha value is -2.08. The third kappa shape index (κ3) is 4.19. The number of carbonyl (C=O) groups is 2. The van der Waals surface area contributed by atoms with Crippen LogP contribution < -0.4 is 16.4 Å². The van der Waals surface area contributed by atoms with E-state index in [1.54, 1.807) is 18.2 Å². The van der Waals surface area contributed by atoms with Crippen molar-refractivity contribution in [2.24, 2.45) is 5.73 Å². The molecule has 1 aliphatic rings. The van der Waals surface area contributed by atoms with Gasteiger partial charge in [-0.05, 0) is 57.6 Å². The molecule has 1 saturated heterocycles. The molecule has 21 heavy (non-hydrogen) atoms. The number of nitrogens with zero attached hydrogens (tertiary/aromatic N) is 1. The van der Waals surface area contributed by atoms with E-state index >= 15 is 0 Å². The summed E-state index contributed by atoms with van der Waals surface area (Å²) >= 11 is 0. The van der Waals surface area contributed by atoms with Gasteiger partial charge in [0.2, 0.25) is 5.91 Å². The van der Waals surface area contributed by atoms with Crippen LogP contribution >= 0.6 is 0 Å². The Bertz CT molecular complexity index is 536. The maximum Gasteiger partial charge on any atom is 0.319 e. The highest BCUT2D eigenvalue weighted by Gasteiger charge is 2.18. The predicted molar refractivity (Wildman–Crippen MR) is 82.4 cm³/mol. The highest BCUT2D eigenvalue weighted by Crippen LogP contribution is 2.17. The molecule has 0 saturated carbocycles. The van der Waals surface area contributed by atoms with Crippen molar-refractivity contribution in [1.82, 2.24) is 10.2 Å². The number of hydrogen-bond donors (Lipinski definition) is 3. The van der Waals surface area contributed by atoms with Crippen molar-refractivity contribution in [3.05, 3.63) is 29.3 Å². The van der Waals surface area contributed by atoms with E-state index in [4.69, 9.17) is 5.73 Å². The van der Waals surface area contributed by atoms with Crippen LogP contribution in [0.4, 0.5) is 10.5 Å². The SMILES string of the molecule is Cc1ccc(C(N)=O)cc1NC(=O)NC1CCN(C)CC1. The molecule has 1 aromatic rings. The number of rotatable bonds is 3. The quantitative estimate of drug-likeness (QED) is 0.784. The van der Waals surface area contributed by atoms with Crippen LogP contribution in [0.3, 0.4) is 0 Å². The van der Waals surface area contributed by atoms with Crippen LogP contribution in [-0.2, 0) is 0 Å². The minimum absolute atomic E-state index is 0.195. The molecule has 0 radical (unpaired) electrons. The Morgan fingerprint density at radius 1 is 1.29 bits per heavy atom. The van der Waals surface area contributed by atoms with Crippen molar-refractivity contribution in [2.75, 3.05) is 25.5 Å². The molecule has 0 aliphatic carbocycles. The maximum absolute atomic E-state index is 12.0. The molecule has 114 valence electrons. The van der Waals surface area contributed by atoms with Gasteiger partial charge < -0.3 is 21.3 Å². The Morgan fingerprint density at radius 3 is 2.57 bits per heavy atom. The molecule has 0 bridgehead atoms. The first kappa shape index (κ1) is 15.3. The number of nitrogens with one attached hydrogen (secondary N) is 2. The second kappa shape index (κ2) is 6.58. The van der Waals surface area contributed by atoms with Crippen LogP contribution in [0.5, 0.6) is 0 Å². The standard InChI is InChI=1S/C15H22N4O2/c1-10-3-4-11(14(16)20)9-13(10)18-15(21)17-12-5-7-19(2)8-6-12/h3-4,9,12H,5-8H2,1-2H3,(H2,16,20)(H2,17,18,21). The molecule has 1 aromatic carbocycles. The first-order chi connectivity index (χ1) is 9.95. The highest BCUT2D eigenvalue weighted by molar-refractivity contribution is 5.96. The summed E-state index contributed by atoms with van der Waals surface area (Å²) in [6.45, 7) is 3.85. The monoisotopic (exact) mass is 290 g/mol. The number of likely N-dealkylation sites (tertiary alicyclic amines) is 1. The van der Waals surface area contributed by atoms with Gasteiger partial charge in [-0.25, -0.2) is 4.79 Å². The van der Waals surface area contributed by atoms with E-state index in [0.717, 1.165) is 31.5 Å². The summed E-state index contributed by atoms with van der Waals surface area (Å²) < 4.78 is 0. The summed E-state index contributed by atoms with van der Waals surface area (Å²) in [6.07, 6.45) is 1.90. The second-order valence-corrected chi connectivity index (χ2v) is 5.57. The molecule has 1 fully saturated rings. The Morgan fingerprint density at radius 2 is 1.95 bits per heavy atom. The van der Waals surface area contributed by atoms with Crippen molar-refractivity contribution in [3.8, 4) is 0 Å². The van der Waals surface area contributed by atoms with Crippen LogP contribution in [0.1, 0.15) is 28.8 Å². The van der Waals surface area contributed by atoms with Gasteiger partial charge in [-0.3, -0.25) is 4.79 Å². The van der Waals surface area contributed by atoms with Crippen LogP contribution in [0, 0.1) is 6.92 Å².